The van der Waals surface area contributed by atoms with E-state index >= 15 is 0 Å². The van der Waals surface area contributed by atoms with Crippen molar-refractivity contribution >= 4 is 0 Å². The van der Waals surface area contributed by atoms with Crippen LogP contribution in [-0.4, -0.2) is 33.3 Å². The minimum absolute atomic E-state index is 0.891. The molecule has 0 saturated heterocycles. The normalized spacial score (nSPS) is 18.0. The zero-order valence-electron chi connectivity index (χ0n) is 5.62. The van der Waals surface area contributed by atoms with Crippen LogP contribution >= 0.6 is 0 Å². The van der Waals surface area contributed by atoms with E-state index < -0.39 is 0 Å². The number of tetrazole rings is 1. The standard InChI is InChI=1S/C5H9N5/c1-2-6-3-4-10-5(1)7-8-9-10/h6H,1-4H2. The van der Waals surface area contributed by atoms with Gasteiger partial charge in [0, 0.05) is 19.5 Å². The molecule has 5 heteroatoms. The van der Waals surface area contributed by atoms with Crippen LogP contribution in [-0.2, 0) is 13.0 Å². The van der Waals surface area contributed by atoms with E-state index in [1.807, 2.05) is 4.68 Å². The smallest absolute Gasteiger partial charge is 0.152 e. The summed E-state index contributed by atoms with van der Waals surface area (Å²) in [7, 11) is 0. The third-order valence-electron chi connectivity index (χ3n) is 1.63. The summed E-state index contributed by atoms with van der Waals surface area (Å²) in [5.41, 5.74) is 0. The van der Waals surface area contributed by atoms with E-state index in [0.29, 0.717) is 0 Å². The summed E-state index contributed by atoms with van der Waals surface area (Å²) in [4.78, 5) is 0. The molecule has 1 aromatic rings. The molecule has 0 radical (unpaired) electrons. The molecule has 10 heavy (non-hydrogen) atoms. The summed E-state index contributed by atoms with van der Waals surface area (Å²) in [5, 5.41) is 14.5. The largest absolute Gasteiger partial charge is 0.314 e. The molecule has 0 fully saturated rings. The van der Waals surface area contributed by atoms with Crippen LogP contribution in [0.2, 0.25) is 0 Å². The Balaban J connectivity index is 2.28. The lowest BCUT2D eigenvalue weighted by Gasteiger charge is -1.94. The minimum atomic E-state index is 0.891. The maximum absolute atomic E-state index is 3.88. The van der Waals surface area contributed by atoms with Gasteiger partial charge in [-0.2, -0.15) is 0 Å². The second-order valence-electron chi connectivity index (χ2n) is 2.32. The van der Waals surface area contributed by atoms with Crippen molar-refractivity contribution in [2.75, 3.05) is 13.1 Å². The molecular formula is C5H9N5. The molecule has 0 atom stereocenters. The molecule has 0 saturated carbocycles. The van der Waals surface area contributed by atoms with E-state index in [0.717, 1.165) is 31.9 Å². The summed E-state index contributed by atoms with van der Waals surface area (Å²) >= 11 is 0. The van der Waals surface area contributed by atoms with Gasteiger partial charge in [0.15, 0.2) is 5.82 Å². The van der Waals surface area contributed by atoms with Gasteiger partial charge < -0.3 is 5.32 Å². The van der Waals surface area contributed by atoms with Gasteiger partial charge >= 0.3 is 0 Å². The second kappa shape index (κ2) is 2.34. The van der Waals surface area contributed by atoms with Crippen molar-refractivity contribution in [2.24, 2.45) is 0 Å². The van der Waals surface area contributed by atoms with Crippen molar-refractivity contribution in [3.05, 3.63) is 5.82 Å². The van der Waals surface area contributed by atoms with Crippen molar-refractivity contribution in [3.8, 4) is 0 Å². The molecule has 1 aliphatic rings. The molecule has 1 N–H and O–H groups in total. The van der Waals surface area contributed by atoms with Gasteiger partial charge in [-0.15, -0.1) is 5.10 Å². The van der Waals surface area contributed by atoms with E-state index in [4.69, 9.17) is 0 Å². The SMILES string of the molecule is C1Cc2nnnn2CCN1. The maximum Gasteiger partial charge on any atom is 0.152 e. The van der Waals surface area contributed by atoms with Crippen LogP contribution < -0.4 is 5.32 Å². The third-order valence-corrected chi connectivity index (χ3v) is 1.63. The van der Waals surface area contributed by atoms with Gasteiger partial charge in [0.05, 0.1) is 6.54 Å². The fraction of sp³-hybridized carbons (Fsp3) is 0.800. The van der Waals surface area contributed by atoms with E-state index in [1.165, 1.54) is 0 Å². The highest BCUT2D eigenvalue weighted by molar-refractivity contribution is 4.83. The molecule has 5 nitrogen and oxygen atoms in total. The van der Waals surface area contributed by atoms with E-state index in [1.54, 1.807) is 0 Å². The average molecular weight is 139 g/mol. The quantitative estimate of drug-likeness (QED) is 0.491. The lowest BCUT2D eigenvalue weighted by atomic mass is 10.4. The van der Waals surface area contributed by atoms with Crippen molar-refractivity contribution in [1.82, 2.24) is 25.5 Å². The van der Waals surface area contributed by atoms with Gasteiger partial charge in [-0.3, -0.25) is 0 Å². The summed E-state index contributed by atoms with van der Waals surface area (Å²) in [6.07, 6.45) is 0.938. The number of hydrogen-bond acceptors (Lipinski definition) is 4. The molecule has 1 aromatic heterocycles. The summed E-state index contributed by atoms with van der Waals surface area (Å²) in [6, 6.07) is 0. The number of hydrogen-bond donors (Lipinski definition) is 1. The molecule has 0 bridgehead atoms. The number of nitrogens with zero attached hydrogens (tertiary/aromatic N) is 4. The van der Waals surface area contributed by atoms with Gasteiger partial charge in [0.2, 0.25) is 0 Å². The first kappa shape index (κ1) is 5.79. The molecule has 0 aromatic carbocycles. The fourth-order valence-electron chi connectivity index (χ4n) is 1.09. The van der Waals surface area contributed by atoms with Crippen LogP contribution in [0.4, 0.5) is 0 Å². The molecule has 0 spiro atoms. The zero-order chi connectivity index (χ0) is 6.81. The van der Waals surface area contributed by atoms with Gasteiger partial charge in [-0.05, 0) is 10.4 Å². The van der Waals surface area contributed by atoms with Crippen LogP contribution in [0, 0.1) is 0 Å². The van der Waals surface area contributed by atoms with Crippen molar-refractivity contribution in [2.45, 2.75) is 13.0 Å². The fourth-order valence-corrected chi connectivity index (χ4v) is 1.09. The Morgan fingerprint density at radius 3 is 3.40 bits per heavy atom. The van der Waals surface area contributed by atoms with Gasteiger partial charge in [-0.1, -0.05) is 0 Å². The van der Waals surface area contributed by atoms with E-state index in [-0.39, 0.29) is 0 Å². The number of rotatable bonds is 0. The number of nitrogens with one attached hydrogen (secondary N) is 1. The molecule has 0 unspecified atom stereocenters. The summed E-state index contributed by atoms with van der Waals surface area (Å²) < 4.78 is 1.85. The molecule has 1 aliphatic heterocycles. The van der Waals surface area contributed by atoms with Gasteiger partial charge in [0.1, 0.15) is 0 Å². The molecular weight excluding hydrogens is 130 g/mol. The van der Waals surface area contributed by atoms with Crippen LogP contribution in [0.25, 0.3) is 0 Å². The van der Waals surface area contributed by atoms with Crippen molar-refractivity contribution in [1.29, 1.82) is 0 Å². The highest BCUT2D eigenvalue weighted by Gasteiger charge is 2.07. The van der Waals surface area contributed by atoms with Crippen LogP contribution in [0.1, 0.15) is 5.82 Å². The summed E-state index contributed by atoms with van der Waals surface area (Å²) in [5.74, 6) is 0.991. The Kier molecular flexibility index (Phi) is 1.35. The predicted molar refractivity (Wildman–Crippen MR) is 34.4 cm³/mol. The highest BCUT2D eigenvalue weighted by atomic mass is 15.5. The molecule has 2 rings (SSSR count). The van der Waals surface area contributed by atoms with Crippen molar-refractivity contribution in [3.63, 3.8) is 0 Å². The Hall–Kier alpha value is -0.970. The number of fused-ring (bicyclic) bond motifs is 1. The van der Waals surface area contributed by atoms with E-state index in [2.05, 4.69) is 20.8 Å². The Labute approximate surface area is 58.4 Å². The van der Waals surface area contributed by atoms with Crippen LogP contribution in [0.3, 0.4) is 0 Å². The Morgan fingerprint density at radius 2 is 2.40 bits per heavy atom. The lowest BCUT2D eigenvalue weighted by Crippen LogP contribution is -2.17. The van der Waals surface area contributed by atoms with E-state index in [9.17, 15) is 0 Å². The molecule has 2 heterocycles. The Morgan fingerprint density at radius 1 is 1.40 bits per heavy atom. The zero-order valence-corrected chi connectivity index (χ0v) is 5.62. The first-order valence-electron chi connectivity index (χ1n) is 3.42. The van der Waals surface area contributed by atoms with Gasteiger partial charge in [-0.25, -0.2) is 4.68 Å². The molecule has 54 valence electrons. The lowest BCUT2D eigenvalue weighted by molar-refractivity contribution is 0.568. The summed E-state index contributed by atoms with van der Waals surface area (Å²) in [6.45, 7) is 2.85. The monoisotopic (exact) mass is 139 g/mol. The first-order valence-corrected chi connectivity index (χ1v) is 3.42. The first-order chi connectivity index (χ1) is 4.97. The average Bonchev–Trinajstić information content (AvgIpc) is 2.28. The van der Waals surface area contributed by atoms with Crippen LogP contribution in [0.15, 0.2) is 0 Å². The molecule has 0 amide bonds. The highest BCUT2D eigenvalue weighted by Crippen LogP contribution is 1.94. The van der Waals surface area contributed by atoms with Gasteiger partial charge in [0.25, 0.3) is 0 Å². The maximum atomic E-state index is 3.88. The molecule has 0 aliphatic carbocycles. The minimum Gasteiger partial charge on any atom is -0.314 e. The topological polar surface area (TPSA) is 55.6 Å². The number of aromatic nitrogens is 4. The third kappa shape index (κ3) is 0.881. The van der Waals surface area contributed by atoms with Crippen LogP contribution in [0.5, 0.6) is 0 Å². The predicted octanol–water partition coefficient (Wildman–Crippen LogP) is -1.18. The second-order valence-corrected chi connectivity index (χ2v) is 2.32. The Bertz CT molecular complexity index is 197. The van der Waals surface area contributed by atoms with Crippen molar-refractivity contribution < 1.29 is 0 Å².